The van der Waals surface area contributed by atoms with Gasteiger partial charge in [0.1, 0.15) is 0 Å². The van der Waals surface area contributed by atoms with E-state index in [9.17, 15) is 8.42 Å². The van der Waals surface area contributed by atoms with E-state index in [0.717, 1.165) is 28.6 Å². The van der Waals surface area contributed by atoms with E-state index in [-0.39, 0.29) is 0 Å². The van der Waals surface area contributed by atoms with Crippen molar-refractivity contribution in [3.63, 3.8) is 0 Å². The van der Waals surface area contributed by atoms with Crippen molar-refractivity contribution in [2.24, 2.45) is 11.8 Å². The Labute approximate surface area is 135 Å². The first-order valence-electron chi connectivity index (χ1n) is 7.34. The highest BCUT2D eigenvalue weighted by Crippen LogP contribution is 2.37. The molecule has 0 amide bonds. The molecular formula is C15H23BrN2O2S. The predicted octanol–water partition coefficient (Wildman–Crippen LogP) is 2.80. The summed E-state index contributed by atoms with van der Waals surface area (Å²) in [5.41, 5.74) is 1.72. The van der Waals surface area contributed by atoms with Gasteiger partial charge in [-0.3, -0.25) is 0 Å². The Morgan fingerprint density at radius 3 is 2.62 bits per heavy atom. The summed E-state index contributed by atoms with van der Waals surface area (Å²) < 4.78 is 28.6. The van der Waals surface area contributed by atoms with Crippen LogP contribution in [0.4, 0.5) is 0 Å². The highest BCUT2D eigenvalue weighted by Gasteiger charge is 2.33. The lowest BCUT2D eigenvalue weighted by atomic mass is 10.1. The van der Waals surface area contributed by atoms with Gasteiger partial charge in [0, 0.05) is 17.6 Å². The topological polar surface area (TPSA) is 58.2 Å². The van der Waals surface area contributed by atoms with Gasteiger partial charge in [-0.05, 0) is 55.0 Å². The number of halogens is 1. The molecule has 6 heteroatoms. The molecule has 21 heavy (non-hydrogen) atoms. The zero-order chi connectivity index (χ0) is 15.6. The van der Waals surface area contributed by atoms with Crippen molar-refractivity contribution in [1.82, 2.24) is 10.0 Å². The number of sulfonamides is 1. The molecule has 0 aliphatic heterocycles. The van der Waals surface area contributed by atoms with Crippen molar-refractivity contribution in [2.75, 3.05) is 13.1 Å². The van der Waals surface area contributed by atoms with E-state index in [0.29, 0.717) is 29.8 Å². The fourth-order valence-electron chi connectivity index (χ4n) is 2.34. The van der Waals surface area contributed by atoms with Crippen LogP contribution in [-0.2, 0) is 16.6 Å². The first-order valence-corrected chi connectivity index (χ1v) is 9.62. The maximum absolute atomic E-state index is 12.5. The van der Waals surface area contributed by atoms with Crippen LogP contribution in [0.15, 0.2) is 21.5 Å². The molecule has 1 aromatic carbocycles. The highest BCUT2D eigenvalue weighted by atomic mass is 79.9. The maximum Gasteiger partial charge on any atom is 0.240 e. The van der Waals surface area contributed by atoms with Crippen LogP contribution in [-0.4, -0.2) is 21.5 Å². The quantitative estimate of drug-likeness (QED) is 0.771. The minimum atomic E-state index is -3.45. The molecular weight excluding hydrogens is 352 g/mol. The average molecular weight is 375 g/mol. The Hall–Kier alpha value is -0.430. The van der Waals surface area contributed by atoms with E-state index in [4.69, 9.17) is 0 Å². The van der Waals surface area contributed by atoms with Crippen LogP contribution < -0.4 is 10.0 Å². The van der Waals surface area contributed by atoms with Gasteiger partial charge in [0.25, 0.3) is 0 Å². The summed E-state index contributed by atoms with van der Waals surface area (Å²) in [5, 5.41) is 3.22. The molecule has 2 unspecified atom stereocenters. The van der Waals surface area contributed by atoms with E-state index >= 15 is 0 Å². The first-order chi connectivity index (χ1) is 9.85. The zero-order valence-electron chi connectivity index (χ0n) is 12.7. The fraction of sp³-hybridized carbons (Fsp3) is 0.600. The average Bonchev–Trinajstić information content (AvgIpc) is 3.13. The van der Waals surface area contributed by atoms with Crippen molar-refractivity contribution in [3.8, 4) is 0 Å². The third kappa shape index (κ3) is 4.28. The van der Waals surface area contributed by atoms with Crippen LogP contribution >= 0.6 is 15.9 Å². The van der Waals surface area contributed by atoms with E-state index < -0.39 is 10.0 Å². The lowest BCUT2D eigenvalue weighted by molar-refractivity contribution is 0.573. The molecule has 1 aliphatic rings. The Morgan fingerprint density at radius 2 is 2.05 bits per heavy atom. The number of benzene rings is 1. The molecule has 0 aromatic heterocycles. The molecule has 1 aliphatic carbocycles. The molecule has 1 saturated carbocycles. The summed E-state index contributed by atoms with van der Waals surface area (Å²) in [5.74, 6) is 1.13. The predicted molar refractivity (Wildman–Crippen MR) is 88.7 cm³/mol. The van der Waals surface area contributed by atoms with Crippen molar-refractivity contribution in [1.29, 1.82) is 0 Å². The smallest absolute Gasteiger partial charge is 0.240 e. The van der Waals surface area contributed by atoms with Gasteiger partial charge in [0.15, 0.2) is 0 Å². The molecule has 0 heterocycles. The molecule has 2 rings (SSSR count). The van der Waals surface area contributed by atoms with Crippen LogP contribution in [0.5, 0.6) is 0 Å². The molecule has 4 nitrogen and oxygen atoms in total. The summed E-state index contributed by atoms with van der Waals surface area (Å²) in [7, 11) is -3.45. The summed E-state index contributed by atoms with van der Waals surface area (Å²) in [6, 6.07) is 3.74. The van der Waals surface area contributed by atoms with Gasteiger partial charge in [0.05, 0.1) is 4.90 Å². The standard InChI is InChI=1S/C15H23BrN2O2S/c1-4-17-8-12-6-14(16)11(3)15(7-12)21(19,20)18-9-13-5-10(13)2/h6-7,10,13,17-18H,4-5,8-9H2,1-3H3. The summed E-state index contributed by atoms with van der Waals surface area (Å²) in [6.45, 7) is 8.06. The lowest BCUT2D eigenvalue weighted by Gasteiger charge is -2.13. The van der Waals surface area contributed by atoms with Crippen LogP contribution in [0.1, 0.15) is 31.4 Å². The minimum absolute atomic E-state index is 0.373. The summed E-state index contributed by atoms with van der Waals surface area (Å²) in [6.07, 6.45) is 1.12. The van der Waals surface area contributed by atoms with E-state index in [1.807, 2.05) is 19.9 Å². The van der Waals surface area contributed by atoms with Gasteiger partial charge >= 0.3 is 0 Å². The Kier molecular flexibility index (Phi) is 5.46. The van der Waals surface area contributed by atoms with Crippen LogP contribution in [0.2, 0.25) is 0 Å². The third-order valence-electron chi connectivity index (χ3n) is 4.04. The van der Waals surface area contributed by atoms with Gasteiger partial charge in [-0.1, -0.05) is 29.8 Å². The second-order valence-corrected chi connectivity index (χ2v) is 8.40. The summed E-state index contributed by atoms with van der Waals surface area (Å²) in [4.78, 5) is 0.373. The van der Waals surface area contributed by atoms with Crippen LogP contribution in [0, 0.1) is 18.8 Å². The summed E-state index contributed by atoms with van der Waals surface area (Å²) >= 11 is 3.46. The second-order valence-electron chi connectivity index (χ2n) is 5.81. The number of nitrogens with one attached hydrogen (secondary N) is 2. The van der Waals surface area contributed by atoms with E-state index in [1.165, 1.54) is 0 Å². The molecule has 118 valence electrons. The minimum Gasteiger partial charge on any atom is -0.313 e. The molecule has 0 radical (unpaired) electrons. The third-order valence-corrected chi connectivity index (χ3v) is 6.41. The van der Waals surface area contributed by atoms with Crippen molar-refractivity contribution in [3.05, 3.63) is 27.7 Å². The number of hydrogen-bond acceptors (Lipinski definition) is 3. The van der Waals surface area contributed by atoms with Gasteiger partial charge < -0.3 is 5.32 Å². The number of hydrogen-bond donors (Lipinski definition) is 2. The number of rotatable bonds is 7. The van der Waals surface area contributed by atoms with Crippen molar-refractivity contribution >= 4 is 26.0 Å². The van der Waals surface area contributed by atoms with Gasteiger partial charge in [-0.25, -0.2) is 13.1 Å². The largest absolute Gasteiger partial charge is 0.313 e. The van der Waals surface area contributed by atoms with Gasteiger partial charge in [0.2, 0.25) is 10.0 Å². The van der Waals surface area contributed by atoms with Crippen LogP contribution in [0.25, 0.3) is 0 Å². The monoisotopic (exact) mass is 374 g/mol. The molecule has 0 saturated heterocycles. The van der Waals surface area contributed by atoms with Crippen molar-refractivity contribution < 1.29 is 8.42 Å². The van der Waals surface area contributed by atoms with Crippen LogP contribution in [0.3, 0.4) is 0 Å². The molecule has 0 spiro atoms. The maximum atomic E-state index is 12.5. The van der Waals surface area contributed by atoms with Gasteiger partial charge in [-0.15, -0.1) is 0 Å². The SMILES string of the molecule is CCNCc1cc(Br)c(C)c(S(=O)(=O)NCC2CC2C)c1. The van der Waals surface area contributed by atoms with Crippen molar-refractivity contribution in [2.45, 2.75) is 38.6 Å². The molecule has 1 fully saturated rings. The molecule has 0 bridgehead atoms. The molecule has 2 atom stereocenters. The van der Waals surface area contributed by atoms with Gasteiger partial charge in [-0.2, -0.15) is 0 Å². The highest BCUT2D eigenvalue weighted by molar-refractivity contribution is 9.10. The Balaban J connectivity index is 2.21. The molecule has 2 N–H and O–H groups in total. The lowest BCUT2D eigenvalue weighted by Crippen LogP contribution is -2.27. The second kappa shape index (κ2) is 6.77. The normalized spacial score (nSPS) is 21.5. The Bertz CT molecular complexity index is 616. The van der Waals surface area contributed by atoms with E-state index in [2.05, 4.69) is 32.9 Å². The molecule has 1 aromatic rings. The zero-order valence-corrected chi connectivity index (χ0v) is 15.1. The first kappa shape index (κ1) is 16.9. The van der Waals surface area contributed by atoms with E-state index in [1.54, 1.807) is 6.07 Å². The fourth-order valence-corrected chi connectivity index (χ4v) is 4.38. The Morgan fingerprint density at radius 1 is 1.38 bits per heavy atom.